The van der Waals surface area contributed by atoms with Crippen LogP contribution in [0.25, 0.3) is 0 Å². The van der Waals surface area contributed by atoms with Crippen molar-refractivity contribution in [1.29, 1.82) is 0 Å². The molecule has 2 aliphatic carbocycles. The number of carboxylic acid groups (broad SMARTS) is 2. The number of benzene rings is 2. The Bertz CT molecular complexity index is 818. The molecule has 2 aromatic rings. The van der Waals surface area contributed by atoms with Gasteiger partial charge in [0.1, 0.15) is 4.83 Å². The highest BCUT2D eigenvalue weighted by atomic mass is 79.9. The van der Waals surface area contributed by atoms with Crippen molar-refractivity contribution >= 4 is 27.9 Å². The molecule has 0 amide bonds. The van der Waals surface area contributed by atoms with Gasteiger partial charge in [-0.2, -0.15) is 0 Å². The summed E-state index contributed by atoms with van der Waals surface area (Å²) in [5.41, 5.74) is 1.49. The summed E-state index contributed by atoms with van der Waals surface area (Å²) in [7, 11) is 0. The van der Waals surface area contributed by atoms with E-state index in [1.54, 1.807) is 24.3 Å². The van der Waals surface area contributed by atoms with Gasteiger partial charge in [0.2, 0.25) is 0 Å². The smallest absolute Gasteiger partial charge is 0.337 e. The fourth-order valence-electron chi connectivity index (χ4n) is 3.79. The van der Waals surface area contributed by atoms with E-state index in [2.05, 4.69) is 15.9 Å². The van der Waals surface area contributed by atoms with E-state index in [-0.39, 0.29) is 19.6 Å². The first kappa shape index (κ1) is 29.8. The molecule has 34 heavy (non-hydrogen) atoms. The lowest BCUT2D eigenvalue weighted by molar-refractivity contribution is -0.154. The van der Waals surface area contributed by atoms with Crippen molar-refractivity contribution in [2.75, 3.05) is 0 Å². The van der Waals surface area contributed by atoms with E-state index in [0.29, 0.717) is 0 Å². The monoisotopic (exact) mass is 536 g/mol. The van der Waals surface area contributed by atoms with Crippen molar-refractivity contribution in [3.8, 4) is 0 Å². The van der Waals surface area contributed by atoms with Gasteiger partial charge >= 0.3 is 11.9 Å². The summed E-state index contributed by atoms with van der Waals surface area (Å²) in [5, 5.41) is 26.5. The van der Waals surface area contributed by atoms with E-state index in [0.717, 1.165) is 49.7 Å². The number of aliphatic carboxylic acids is 2. The summed E-state index contributed by atoms with van der Waals surface area (Å²) in [6.07, 6.45) is 8.16. The van der Waals surface area contributed by atoms with E-state index in [1.807, 2.05) is 36.4 Å². The number of aliphatic hydroxyl groups is 1. The zero-order valence-electron chi connectivity index (χ0n) is 18.7. The molecule has 0 bridgehead atoms. The first-order valence-corrected chi connectivity index (χ1v) is 12.3. The molecule has 0 heterocycles. The molecule has 0 aromatic heterocycles. The highest BCUT2D eigenvalue weighted by Gasteiger charge is 2.26. The molecule has 2 fully saturated rings. The quantitative estimate of drug-likeness (QED) is 0.362. The molecule has 3 N–H and O–H groups in total. The van der Waals surface area contributed by atoms with Crippen molar-refractivity contribution in [1.82, 2.24) is 0 Å². The fourth-order valence-corrected chi connectivity index (χ4v) is 4.10. The number of hydrogen-bond acceptors (Lipinski definition) is 4. The summed E-state index contributed by atoms with van der Waals surface area (Å²) < 4.78 is 5.66. The third kappa shape index (κ3) is 10.8. The molecule has 6 nitrogen and oxygen atoms in total. The highest BCUT2D eigenvalue weighted by Crippen LogP contribution is 2.28. The van der Waals surface area contributed by atoms with Crippen LogP contribution in [0.2, 0.25) is 0 Å². The lowest BCUT2D eigenvalue weighted by atomic mass is 10.1. The molecule has 7 heteroatoms. The lowest BCUT2D eigenvalue weighted by Gasteiger charge is -2.18. The third-order valence-electron chi connectivity index (χ3n) is 5.59. The van der Waals surface area contributed by atoms with Gasteiger partial charge in [0.05, 0.1) is 12.2 Å². The Hall–Kier alpha value is -2.22. The Morgan fingerprint density at radius 3 is 1.59 bits per heavy atom. The van der Waals surface area contributed by atoms with Crippen LogP contribution in [0.5, 0.6) is 0 Å². The molecule has 188 valence electrons. The molecular formula is C27H37BrO6. The van der Waals surface area contributed by atoms with Crippen LogP contribution in [0.4, 0.5) is 0 Å². The first-order chi connectivity index (χ1) is 15.9. The van der Waals surface area contributed by atoms with E-state index < -0.39 is 22.9 Å². The topological polar surface area (TPSA) is 104 Å². The van der Waals surface area contributed by atoms with Crippen molar-refractivity contribution in [3.63, 3.8) is 0 Å². The molecule has 0 aliphatic heterocycles. The number of rotatable bonds is 6. The molecule has 2 atom stereocenters. The summed E-state index contributed by atoms with van der Waals surface area (Å²) >= 11 is 3.05. The largest absolute Gasteiger partial charge is 0.480 e. The Balaban J connectivity index is 0.000000278. The van der Waals surface area contributed by atoms with Crippen LogP contribution >= 0.6 is 15.9 Å². The minimum Gasteiger partial charge on any atom is -0.480 e. The van der Waals surface area contributed by atoms with Crippen LogP contribution in [-0.4, -0.2) is 39.5 Å². The van der Waals surface area contributed by atoms with Crippen LogP contribution in [0.3, 0.4) is 0 Å². The van der Waals surface area contributed by atoms with Crippen molar-refractivity contribution < 1.29 is 29.6 Å². The molecule has 2 aromatic carbocycles. The molecule has 0 saturated heterocycles. The molecule has 2 aliphatic rings. The van der Waals surface area contributed by atoms with Gasteiger partial charge in [0.25, 0.3) is 0 Å². The SMILES string of the molecule is C.O=C(O)C(Br)c1ccccc1.O=C(O)C(OC1CCCC1)c1ccccc1.OC1CCCC1. The molecular weight excluding hydrogens is 500 g/mol. The van der Waals surface area contributed by atoms with E-state index in [4.69, 9.17) is 20.1 Å². The molecule has 2 saturated carbocycles. The molecule has 0 spiro atoms. The standard InChI is InChI=1S/C13H16O3.C8H7BrO2.C5H10O.CH4/c14-13(15)12(10-6-2-1-3-7-10)16-11-8-4-5-9-11;9-7(8(10)11)6-4-2-1-3-5-6;6-5-3-1-2-4-5;/h1-3,6-7,11-12H,4-5,8-9H2,(H,14,15);1-5,7H,(H,10,11);5-6H,1-4H2;1H4. The second kappa shape index (κ2) is 16.4. The maximum atomic E-state index is 11.2. The van der Waals surface area contributed by atoms with Crippen LogP contribution in [0.15, 0.2) is 60.7 Å². The van der Waals surface area contributed by atoms with Crippen LogP contribution in [0, 0.1) is 0 Å². The summed E-state index contributed by atoms with van der Waals surface area (Å²) in [5.74, 6) is -1.77. The third-order valence-corrected chi connectivity index (χ3v) is 6.51. The second-order valence-corrected chi connectivity index (χ2v) is 9.14. The average molecular weight is 537 g/mol. The van der Waals surface area contributed by atoms with E-state index >= 15 is 0 Å². The summed E-state index contributed by atoms with van der Waals surface area (Å²) in [6, 6.07) is 18.2. The molecule has 4 rings (SSSR count). The summed E-state index contributed by atoms with van der Waals surface area (Å²) in [4.78, 5) is 21.0. The highest BCUT2D eigenvalue weighted by molar-refractivity contribution is 9.09. The van der Waals surface area contributed by atoms with Gasteiger partial charge in [-0.15, -0.1) is 0 Å². The van der Waals surface area contributed by atoms with Gasteiger partial charge in [-0.05, 0) is 36.8 Å². The number of hydrogen-bond donors (Lipinski definition) is 3. The molecule has 2 unspecified atom stereocenters. The Labute approximate surface area is 211 Å². The predicted octanol–water partition coefficient (Wildman–Crippen LogP) is 6.54. The maximum Gasteiger partial charge on any atom is 0.337 e. The van der Waals surface area contributed by atoms with Gasteiger partial charge in [-0.1, -0.05) is 110 Å². The van der Waals surface area contributed by atoms with E-state index in [9.17, 15) is 9.59 Å². The maximum absolute atomic E-state index is 11.2. The lowest BCUT2D eigenvalue weighted by Crippen LogP contribution is -2.20. The number of aliphatic hydroxyl groups excluding tert-OH is 1. The minimum absolute atomic E-state index is 0. The average Bonchev–Trinajstić information content (AvgIpc) is 3.52. The number of ether oxygens (including phenoxy) is 1. The van der Waals surface area contributed by atoms with Crippen molar-refractivity contribution in [2.24, 2.45) is 0 Å². The van der Waals surface area contributed by atoms with Crippen LogP contribution < -0.4 is 0 Å². The predicted molar refractivity (Wildman–Crippen MR) is 137 cm³/mol. The molecule has 0 radical (unpaired) electrons. The fraction of sp³-hybridized carbons (Fsp3) is 0.481. The minimum atomic E-state index is -0.905. The summed E-state index contributed by atoms with van der Waals surface area (Å²) in [6.45, 7) is 0. The van der Waals surface area contributed by atoms with Gasteiger partial charge in [-0.3, -0.25) is 4.79 Å². The van der Waals surface area contributed by atoms with E-state index in [1.165, 1.54) is 12.8 Å². The number of halogens is 1. The van der Waals surface area contributed by atoms with Crippen molar-refractivity contribution in [2.45, 2.75) is 81.9 Å². The van der Waals surface area contributed by atoms with Gasteiger partial charge in [-0.25, -0.2) is 4.79 Å². The first-order valence-electron chi connectivity index (χ1n) is 11.4. The Kier molecular flexibility index (Phi) is 14.4. The van der Waals surface area contributed by atoms with Gasteiger partial charge in [0.15, 0.2) is 6.10 Å². The number of alkyl halides is 1. The normalized spacial score (nSPS) is 17.2. The van der Waals surface area contributed by atoms with Crippen LogP contribution in [-0.2, 0) is 14.3 Å². The van der Waals surface area contributed by atoms with Crippen molar-refractivity contribution in [3.05, 3.63) is 71.8 Å². The second-order valence-electron chi connectivity index (χ2n) is 8.22. The Morgan fingerprint density at radius 1 is 0.765 bits per heavy atom. The van der Waals surface area contributed by atoms with Crippen LogP contribution in [0.1, 0.15) is 80.9 Å². The van der Waals surface area contributed by atoms with Gasteiger partial charge < -0.3 is 20.1 Å². The zero-order chi connectivity index (χ0) is 24.1. The van der Waals surface area contributed by atoms with Gasteiger partial charge in [0, 0.05) is 0 Å². The zero-order valence-corrected chi connectivity index (χ0v) is 20.3. The number of carboxylic acids is 2. The Morgan fingerprint density at radius 2 is 1.21 bits per heavy atom. The number of carbonyl (C=O) groups is 2.